The quantitative estimate of drug-likeness (QED) is 0.852. The highest BCUT2D eigenvalue weighted by atomic mass is 35.5. The molecule has 3 rings (SSSR count). The summed E-state index contributed by atoms with van der Waals surface area (Å²) in [5, 5.41) is 7.99. The maximum atomic E-state index is 12.2. The van der Waals surface area contributed by atoms with E-state index in [1.807, 2.05) is 0 Å². The van der Waals surface area contributed by atoms with Crippen LogP contribution < -0.4 is 5.32 Å². The first-order valence-electron chi connectivity index (χ1n) is 6.44. The third kappa shape index (κ3) is 2.24. The van der Waals surface area contributed by atoms with Crippen LogP contribution in [-0.4, -0.2) is 27.8 Å². The molecule has 22 heavy (non-hydrogen) atoms. The molecule has 1 atom stereocenters. The normalized spacial score (nSPS) is 17.0. The van der Waals surface area contributed by atoms with Crippen LogP contribution in [0.3, 0.4) is 0 Å². The summed E-state index contributed by atoms with van der Waals surface area (Å²) in [5.41, 5.74) is 1.69. The Kier molecular flexibility index (Phi) is 3.80. The van der Waals surface area contributed by atoms with Gasteiger partial charge in [-0.3, -0.25) is 0 Å². The SMILES string of the molecule is COC(=O)C1=C(C)Nc2ncnn2C1c1cccc(Cl)c1Cl. The zero-order valence-electron chi connectivity index (χ0n) is 11.8. The number of anilines is 1. The fourth-order valence-corrected chi connectivity index (χ4v) is 2.90. The van der Waals surface area contributed by atoms with Gasteiger partial charge in [0.1, 0.15) is 12.4 Å². The van der Waals surface area contributed by atoms with Crippen LogP contribution in [0.25, 0.3) is 0 Å². The third-order valence-corrected chi connectivity index (χ3v) is 4.31. The molecule has 114 valence electrons. The molecule has 2 heterocycles. The number of allylic oxidation sites excluding steroid dienone is 1. The summed E-state index contributed by atoms with van der Waals surface area (Å²) in [6.45, 7) is 1.77. The van der Waals surface area contributed by atoms with Crippen molar-refractivity contribution in [3.8, 4) is 0 Å². The molecular weight excluding hydrogens is 327 g/mol. The number of hydrogen-bond donors (Lipinski definition) is 1. The summed E-state index contributed by atoms with van der Waals surface area (Å²) in [6.07, 6.45) is 1.40. The summed E-state index contributed by atoms with van der Waals surface area (Å²) in [7, 11) is 1.33. The number of benzene rings is 1. The van der Waals surface area contributed by atoms with Gasteiger partial charge in [-0.2, -0.15) is 10.1 Å². The number of esters is 1. The first-order chi connectivity index (χ1) is 10.5. The molecule has 1 aliphatic rings. The summed E-state index contributed by atoms with van der Waals surface area (Å²) in [4.78, 5) is 16.4. The van der Waals surface area contributed by atoms with Crippen LogP contribution >= 0.6 is 23.2 Å². The molecule has 8 heteroatoms. The fourth-order valence-electron chi connectivity index (χ4n) is 2.48. The number of aromatic nitrogens is 3. The summed E-state index contributed by atoms with van der Waals surface area (Å²) in [5.74, 6) is 0.0541. The molecule has 0 aliphatic carbocycles. The van der Waals surface area contributed by atoms with Crippen molar-refractivity contribution < 1.29 is 9.53 Å². The largest absolute Gasteiger partial charge is 0.466 e. The fraction of sp³-hybridized carbons (Fsp3) is 0.214. The van der Waals surface area contributed by atoms with Gasteiger partial charge < -0.3 is 10.1 Å². The number of fused-ring (bicyclic) bond motifs is 1. The zero-order valence-corrected chi connectivity index (χ0v) is 13.3. The lowest BCUT2D eigenvalue weighted by atomic mass is 9.96. The van der Waals surface area contributed by atoms with Crippen molar-refractivity contribution in [1.82, 2.24) is 14.8 Å². The molecule has 0 fully saturated rings. The van der Waals surface area contributed by atoms with Crippen molar-refractivity contribution in [2.45, 2.75) is 13.0 Å². The molecule has 6 nitrogen and oxygen atoms in total. The van der Waals surface area contributed by atoms with Gasteiger partial charge in [-0.05, 0) is 13.0 Å². The van der Waals surface area contributed by atoms with Gasteiger partial charge in [-0.15, -0.1) is 0 Å². The van der Waals surface area contributed by atoms with Crippen LogP contribution in [0.1, 0.15) is 18.5 Å². The summed E-state index contributed by atoms with van der Waals surface area (Å²) >= 11 is 12.4. The predicted octanol–water partition coefficient (Wildman–Crippen LogP) is 3.05. The number of nitrogens with one attached hydrogen (secondary N) is 1. The maximum Gasteiger partial charge on any atom is 0.338 e. The Morgan fingerprint density at radius 3 is 2.91 bits per heavy atom. The van der Waals surface area contributed by atoms with E-state index < -0.39 is 12.0 Å². The molecule has 1 unspecified atom stereocenters. The van der Waals surface area contributed by atoms with Crippen LogP contribution in [0, 0.1) is 0 Å². The van der Waals surface area contributed by atoms with E-state index in [9.17, 15) is 4.79 Å². The predicted molar refractivity (Wildman–Crippen MR) is 83.0 cm³/mol. The molecule has 0 amide bonds. The van der Waals surface area contributed by atoms with E-state index in [1.165, 1.54) is 13.4 Å². The van der Waals surface area contributed by atoms with E-state index >= 15 is 0 Å². The molecule has 0 spiro atoms. The molecule has 1 aromatic carbocycles. The lowest BCUT2D eigenvalue weighted by Crippen LogP contribution is -2.29. The minimum absolute atomic E-state index is 0.367. The lowest BCUT2D eigenvalue weighted by molar-refractivity contribution is -0.136. The van der Waals surface area contributed by atoms with Crippen molar-refractivity contribution in [2.75, 3.05) is 12.4 Å². The monoisotopic (exact) mass is 338 g/mol. The first-order valence-corrected chi connectivity index (χ1v) is 7.19. The summed E-state index contributed by atoms with van der Waals surface area (Å²) in [6, 6.07) is 4.70. The van der Waals surface area contributed by atoms with Gasteiger partial charge in [0.2, 0.25) is 5.95 Å². The van der Waals surface area contributed by atoms with Crippen molar-refractivity contribution in [2.24, 2.45) is 0 Å². The highest BCUT2D eigenvalue weighted by Gasteiger charge is 2.35. The van der Waals surface area contributed by atoms with E-state index in [1.54, 1.807) is 29.8 Å². The van der Waals surface area contributed by atoms with E-state index in [-0.39, 0.29) is 0 Å². The molecule has 0 saturated heterocycles. The average molecular weight is 339 g/mol. The number of halogens is 2. The molecule has 1 aromatic heterocycles. The second-order valence-electron chi connectivity index (χ2n) is 4.73. The zero-order chi connectivity index (χ0) is 15.9. The third-order valence-electron chi connectivity index (χ3n) is 3.48. The number of rotatable bonds is 2. The maximum absolute atomic E-state index is 12.2. The number of methoxy groups -OCH3 is 1. The molecule has 0 radical (unpaired) electrons. The Balaban J connectivity index is 2.25. The molecule has 1 N–H and O–H groups in total. The lowest BCUT2D eigenvalue weighted by Gasteiger charge is -2.28. The van der Waals surface area contributed by atoms with Crippen LogP contribution in [0.2, 0.25) is 10.0 Å². The first kappa shape index (κ1) is 14.9. The molecule has 1 aliphatic heterocycles. The summed E-state index contributed by atoms with van der Waals surface area (Å²) < 4.78 is 6.48. The van der Waals surface area contributed by atoms with Gasteiger partial charge in [0.25, 0.3) is 0 Å². The van der Waals surface area contributed by atoms with Crippen molar-refractivity contribution in [3.05, 3.63) is 51.4 Å². The second-order valence-corrected chi connectivity index (χ2v) is 5.51. The number of ether oxygens (including phenoxy) is 1. The van der Waals surface area contributed by atoms with E-state index in [4.69, 9.17) is 27.9 Å². The Hall–Kier alpha value is -2.05. The number of nitrogens with zero attached hydrogens (tertiary/aromatic N) is 3. The van der Waals surface area contributed by atoms with Crippen LogP contribution in [0.5, 0.6) is 0 Å². The van der Waals surface area contributed by atoms with Crippen molar-refractivity contribution in [1.29, 1.82) is 0 Å². The molecule has 0 bridgehead atoms. The Bertz CT molecular complexity index is 785. The van der Waals surface area contributed by atoms with Gasteiger partial charge in [-0.25, -0.2) is 9.48 Å². The van der Waals surface area contributed by atoms with Gasteiger partial charge in [0.15, 0.2) is 0 Å². The van der Waals surface area contributed by atoms with Gasteiger partial charge in [0, 0.05) is 11.3 Å². The number of carbonyl (C=O) groups excluding carboxylic acids is 1. The Labute approximate surface area is 136 Å². The van der Waals surface area contributed by atoms with Crippen molar-refractivity contribution in [3.63, 3.8) is 0 Å². The Morgan fingerprint density at radius 1 is 1.41 bits per heavy atom. The number of hydrogen-bond acceptors (Lipinski definition) is 5. The average Bonchev–Trinajstić information content (AvgIpc) is 2.96. The standard InChI is InChI=1S/C14H12Cl2N4O2/c1-7-10(13(21)22-2)12(20-14(19-7)17-6-18-20)8-4-3-5-9(15)11(8)16/h3-6,12H,1-2H3,(H,17,18,19). The van der Waals surface area contributed by atoms with E-state index in [0.717, 1.165) is 0 Å². The minimum Gasteiger partial charge on any atom is -0.466 e. The van der Waals surface area contributed by atoms with Crippen molar-refractivity contribution >= 4 is 35.1 Å². The Morgan fingerprint density at radius 2 is 2.18 bits per heavy atom. The molecule has 2 aromatic rings. The van der Waals surface area contributed by atoms with Crippen LogP contribution in [0.15, 0.2) is 35.8 Å². The topological polar surface area (TPSA) is 69.0 Å². The van der Waals surface area contributed by atoms with E-state index in [0.29, 0.717) is 32.8 Å². The smallest absolute Gasteiger partial charge is 0.338 e. The van der Waals surface area contributed by atoms with Gasteiger partial charge in [0.05, 0.1) is 22.7 Å². The number of carbonyl (C=O) groups is 1. The van der Waals surface area contributed by atoms with Gasteiger partial charge >= 0.3 is 5.97 Å². The van der Waals surface area contributed by atoms with E-state index in [2.05, 4.69) is 15.4 Å². The van der Waals surface area contributed by atoms with Crippen LogP contribution in [0.4, 0.5) is 5.95 Å². The molecule has 0 saturated carbocycles. The molecular formula is C14H12Cl2N4O2. The second kappa shape index (κ2) is 5.62. The van der Waals surface area contributed by atoms with Gasteiger partial charge in [-0.1, -0.05) is 35.3 Å². The highest BCUT2D eigenvalue weighted by Crippen LogP contribution is 2.40. The highest BCUT2D eigenvalue weighted by molar-refractivity contribution is 6.42. The van der Waals surface area contributed by atoms with Crippen LogP contribution in [-0.2, 0) is 9.53 Å². The minimum atomic E-state index is -0.558.